The lowest BCUT2D eigenvalue weighted by Gasteiger charge is -2.20. The highest BCUT2D eigenvalue weighted by molar-refractivity contribution is 7.10. The molecule has 2 rings (SSSR count). The molecule has 1 aromatic rings. The third-order valence-electron chi connectivity index (χ3n) is 3.95. The molecule has 3 nitrogen and oxygen atoms in total. The molecular weight excluding hydrogens is 280 g/mol. The normalized spacial score (nSPS) is 15.3. The van der Waals surface area contributed by atoms with Gasteiger partial charge in [-0.25, -0.2) is 0 Å². The maximum atomic E-state index is 11.9. The van der Waals surface area contributed by atoms with Crippen molar-refractivity contribution < 1.29 is 4.79 Å². The molecule has 0 spiro atoms. The molecule has 1 heterocycles. The third kappa shape index (κ3) is 5.91. The van der Waals surface area contributed by atoms with E-state index < -0.39 is 0 Å². The highest BCUT2D eigenvalue weighted by atomic mass is 32.1. The Hall–Kier alpha value is -1.31. The Kier molecular flexibility index (Phi) is 6.78. The summed E-state index contributed by atoms with van der Waals surface area (Å²) in [5.74, 6) is 6.78. The zero-order chi connectivity index (χ0) is 14.9. The smallest absolute Gasteiger partial charge is 0.220 e. The number of nitrogens with two attached hydrogens (primary N) is 1. The van der Waals surface area contributed by atoms with Gasteiger partial charge in [-0.3, -0.25) is 4.79 Å². The molecule has 1 aromatic heterocycles. The second-order valence-electron chi connectivity index (χ2n) is 5.63. The first-order valence-electron chi connectivity index (χ1n) is 7.81. The molecule has 0 bridgehead atoms. The fourth-order valence-electron chi connectivity index (χ4n) is 2.78. The van der Waals surface area contributed by atoms with Gasteiger partial charge >= 0.3 is 0 Å². The average molecular weight is 304 g/mol. The maximum absolute atomic E-state index is 11.9. The Morgan fingerprint density at radius 1 is 1.38 bits per heavy atom. The quantitative estimate of drug-likeness (QED) is 0.822. The molecule has 1 aliphatic carbocycles. The van der Waals surface area contributed by atoms with E-state index >= 15 is 0 Å². The van der Waals surface area contributed by atoms with Crippen LogP contribution in [0.25, 0.3) is 0 Å². The van der Waals surface area contributed by atoms with Gasteiger partial charge in [0.25, 0.3) is 0 Å². The highest BCUT2D eigenvalue weighted by Crippen LogP contribution is 2.27. The third-order valence-corrected chi connectivity index (χ3v) is 4.89. The van der Waals surface area contributed by atoms with Crippen LogP contribution in [0.15, 0.2) is 11.4 Å². The van der Waals surface area contributed by atoms with Crippen molar-refractivity contribution in [1.82, 2.24) is 5.32 Å². The van der Waals surface area contributed by atoms with E-state index in [-0.39, 0.29) is 5.91 Å². The monoisotopic (exact) mass is 304 g/mol. The van der Waals surface area contributed by atoms with Crippen molar-refractivity contribution >= 4 is 17.2 Å². The van der Waals surface area contributed by atoms with Crippen molar-refractivity contribution in [3.63, 3.8) is 0 Å². The van der Waals surface area contributed by atoms with Gasteiger partial charge in [0.15, 0.2) is 0 Å². The standard InChI is InChI=1S/C17H24N2OS/c18-10-4-7-15-11-16(21-13-15)12-19-17(20)9-8-14-5-2-1-3-6-14/h11,13-14H,1-3,5-6,8-10,12,18H2,(H,19,20). The second-order valence-corrected chi connectivity index (χ2v) is 6.62. The summed E-state index contributed by atoms with van der Waals surface area (Å²) in [7, 11) is 0. The van der Waals surface area contributed by atoms with Crippen LogP contribution >= 0.6 is 11.3 Å². The van der Waals surface area contributed by atoms with Gasteiger partial charge in [-0.1, -0.05) is 43.9 Å². The summed E-state index contributed by atoms with van der Waals surface area (Å²) in [5, 5.41) is 5.01. The zero-order valence-corrected chi connectivity index (χ0v) is 13.3. The minimum absolute atomic E-state index is 0.170. The van der Waals surface area contributed by atoms with E-state index in [2.05, 4.69) is 17.2 Å². The van der Waals surface area contributed by atoms with Gasteiger partial charge in [-0.2, -0.15) is 0 Å². The number of rotatable bonds is 5. The van der Waals surface area contributed by atoms with Crippen LogP contribution in [-0.4, -0.2) is 12.5 Å². The largest absolute Gasteiger partial charge is 0.351 e. The first-order chi connectivity index (χ1) is 10.3. The average Bonchev–Trinajstić information content (AvgIpc) is 2.98. The molecule has 1 amide bonds. The van der Waals surface area contributed by atoms with Gasteiger partial charge in [-0.15, -0.1) is 11.3 Å². The number of thiophene rings is 1. The lowest BCUT2D eigenvalue weighted by Crippen LogP contribution is -2.23. The summed E-state index contributed by atoms with van der Waals surface area (Å²) in [5.41, 5.74) is 6.33. The predicted octanol–water partition coefficient (Wildman–Crippen LogP) is 3.04. The van der Waals surface area contributed by atoms with Crippen molar-refractivity contribution in [1.29, 1.82) is 0 Å². The summed E-state index contributed by atoms with van der Waals surface area (Å²) >= 11 is 1.63. The first-order valence-corrected chi connectivity index (χ1v) is 8.69. The number of carbonyl (C=O) groups excluding carboxylic acids is 1. The van der Waals surface area contributed by atoms with Gasteiger partial charge in [-0.05, 0) is 18.4 Å². The predicted molar refractivity (Wildman–Crippen MR) is 87.9 cm³/mol. The summed E-state index contributed by atoms with van der Waals surface area (Å²) in [6.45, 7) is 0.988. The molecule has 0 atom stereocenters. The van der Waals surface area contributed by atoms with Crippen LogP contribution in [0.1, 0.15) is 55.4 Å². The topological polar surface area (TPSA) is 55.1 Å². The van der Waals surface area contributed by atoms with E-state index in [1.54, 1.807) is 11.3 Å². The molecule has 1 saturated carbocycles. The van der Waals surface area contributed by atoms with Gasteiger partial charge in [0.05, 0.1) is 13.1 Å². The summed E-state index contributed by atoms with van der Waals surface area (Å²) < 4.78 is 0. The zero-order valence-electron chi connectivity index (χ0n) is 12.5. The fourth-order valence-corrected chi connectivity index (χ4v) is 3.53. The molecule has 0 radical (unpaired) electrons. The Bertz CT molecular complexity index is 506. The number of amides is 1. The fraction of sp³-hybridized carbons (Fsp3) is 0.588. The highest BCUT2D eigenvalue weighted by Gasteiger charge is 2.14. The summed E-state index contributed by atoms with van der Waals surface area (Å²) in [4.78, 5) is 13.0. The van der Waals surface area contributed by atoms with Crippen LogP contribution < -0.4 is 11.1 Å². The molecule has 0 saturated heterocycles. The number of carbonyl (C=O) groups is 1. The van der Waals surface area contributed by atoms with Crippen LogP contribution in [-0.2, 0) is 11.3 Å². The Morgan fingerprint density at radius 3 is 2.95 bits per heavy atom. The van der Waals surface area contributed by atoms with Crippen molar-refractivity contribution in [2.24, 2.45) is 11.7 Å². The van der Waals surface area contributed by atoms with Gasteiger partial charge < -0.3 is 11.1 Å². The molecular formula is C17H24N2OS. The van der Waals surface area contributed by atoms with Crippen molar-refractivity contribution in [2.75, 3.05) is 6.54 Å². The lowest BCUT2D eigenvalue weighted by molar-refractivity contribution is -0.121. The Morgan fingerprint density at radius 2 is 2.19 bits per heavy atom. The molecule has 1 fully saturated rings. The minimum atomic E-state index is 0.170. The SMILES string of the molecule is NCC#Cc1csc(CNC(=O)CCC2CCCCC2)c1. The maximum Gasteiger partial charge on any atom is 0.220 e. The van der Waals surface area contributed by atoms with E-state index in [9.17, 15) is 4.79 Å². The number of nitrogens with one attached hydrogen (secondary N) is 1. The van der Waals surface area contributed by atoms with E-state index in [1.165, 1.54) is 32.1 Å². The van der Waals surface area contributed by atoms with Gasteiger partial charge in [0.1, 0.15) is 0 Å². The summed E-state index contributed by atoms with van der Waals surface area (Å²) in [6, 6.07) is 2.02. The van der Waals surface area contributed by atoms with Crippen LogP contribution in [0.4, 0.5) is 0 Å². The van der Waals surface area contributed by atoms with Gasteiger partial charge in [0, 0.05) is 22.2 Å². The first kappa shape index (κ1) is 16.1. The molecule has 1 aliphatic rings. The Balaban J connectivity index is 1.67. The molecule has 4 heteroatoms. The number of hydrogen-bond acceptors (Lipinski definition) is 3. The van der Waals surface area contributed by atoms with E-state index in [0.29, 0.717) is 19.5 Å². The van der Waals surface area contributed by atoms with E-state index in [0.717, 1.165) is 22.8 Å². The van der Waals surface area contributed by atoms with Crippen LogP contribution in [0.3, 0.4) is 0 Å². The second kappa shape index (κ2) is 8.86. The summed E-state index contributed by atoms with van der Waals surface area (Å²) in [6.07, 6.45) is 8.38. The van der Waals surface area contributed by atoms with Crippen LogP contribution in [0.5, 0.6) is 0 Å². The molecule has 0 unspecified atom stereocenters. The number of hydrogen-bond donors (Lipinski definition) is 2. The molecule has 114 valence electrons. The van der Waals surface area contributed by atoms with E-state index in [4.69, 9.17) is 5.73 Å². The van der Waals surface area contributed by atoms with Crippen molar-refractivity contribution in [3.05, 3.63) is 21.9 Å². The minimum Gasteiger partial charge on any atom is -0.351 e. The molecule has 0 aromatic carbocycles. The van der Waals surface area contributed by atoms with Crippen molar-refractivity contribution in [3.8, 4) is 11.8 Å². The molecule has 21 heavy (non-hydrogen) atoms. The Labute approximate surface area is 131 Å². The molecule has 0 aliphatic heterocycles. The van der Waals surface area contributed by atoms with Crippen molar-refractivity contribution in [2.45, 2.75) is 51.5 Å². The van der Waals surface area contributed by atoms with Gasteiger partial charge in [0.2, 0.25) is 5.91 Å². The molecule has 3 N–H and O–H groups in total. The lowest BCUT2D eigenvalue weighted by atomic mass is 9.86. The van der Waals surface area contributed by atoms with Crippen LogP contribution in [0, 0.1) is 17.8 Å². The van der Waals surface area contributed by atoms with Crippen LogP contribution in [0.2, 0.25) is 0 Å². The van der Waals surface area contributed by atoms with E-state index in [1.807, 2.05) is 11.4 Å².